The molecule has 0 spiro atoms. The smallest absolute Gasteiger partial charge is 0.328 e. The molecule has 1 aromatic rings. The molecule has 1 heterocycles. The molecule has 1 aliphatic heterocycles. The fraction of sp³-hybridized carbons (Fsp3) is 0.586. The van der Waals surface area contributed by atoms with Gasteiger partial charge in [-0.1, -0.05) is 44.2 Å². The molecule has 15 heteroatoms. The Morgan fingerprint density at radius 3 is 2.25 bits per heavy atom. The normalized spacial score (nSPS) is 18.0. The summed E-state index contributed by atoms with van der Waals surface area (Å²) in [5.41, 5.74) is 17.2. The predicted octanol–water partition coefficient (Wildman–Crippen LogP) is -1.30. The van der Waals surface area contributed by atoms with Crippen molar-refractivity contribution in [3.8, 4) is 0 Å². The van der Waals surface area contributed by atoms with Crippen molar-refractivity contribution in [2.75, 3.05) is 13.1 Å². The van der Waals surface area contributed by atoms with E-state index in [2.05, 4.69) is 20.9 Å². The molecule has 0 unspecified atom stereocenters. The van der Waals surface area contributed by atoms with Crippen LogP contribution in [0.3, 0.4) is 0 Å². The first-order valence-corrected chi connectivity index (χ1v) is 14.7. The van der Waals surface area contributed by atoms with Gasteiger partial charge < -0.3 is 48.3 Å². The van der Waals surface area contributed by atoms with Crippen LogP contribution in [0.2, 0.25) is 0 Å². The van der Waals surface area contributed by atoms with Crippen LogP contribution in [0.1, 0.15) is 64.5 Å². The fourth-order valence-electron chi connectivity index (χ4n) is 4.93. The van der Waals surface area contributed by atoms with Crippen LogP contribution in [0.4, 0.5) is 0 Å². The molecule has 6 atom stereocenters. The van der Waals surface area contributed by atoms with E-state index in [9.17, 15) is 34.2 Å². The van der Waals surface area contributed by atoms with E-state index in [1.807, 2.05) is 13.8 Å². The molecule has 1 fully saturated rings. The van der Waals surface area contributed by atoms with Gasteiger partial charge in [-0.3, -0.25) is 24.2 Å². The van der Waals surface area contributed by atoms with Crippen molar-refractivity contribution < 1.29 is 34.2 Å². The third-order valence-corrected chi connectivity index (χ3v) is 7.19. The average Bonchev–Trinajstić information content (AvgIpc) is 3.45. The highest BCUT2D eigenvalue weighted by Gasteiger charge is 2.40. The topological polar surface area (TPSA) is 256 Å². The minimum Gasteiger partial charge on any atom is -0.480 e. The zero-order valence-electron chi connectivity index (χ0n) is 25.4. The molecule has 0 radical (unpaired) electrons. The quantitative estimate of drug-likeness (QED) is 0.0617. The molecule has 1 saturated heterocycles. The van der Waals surface area contributed by atoms with Crippen LogP contribution in [-0.4, -0.2) is 94.0 Å². The van der Waals surface area contributed by atoms with E-state index >= 15 is 0 Å². The zero-order valence-corrected chi connectivity index (χ0v) is 25.4. The average molecular weight is 619 g/mol. The number of nitrogens with two attached hydrogens (primary N) is 3. The van der Waals surface area contributed by atoms with E-state index in [0.29, 0.717) is 18.4 Å². The number of carbonyl (C=O) groups excluding carboxylic acids is 4. The first-order valence-electron chi connectivity index (χ1n) is 14.7. The Morgan fingerprint density at radius 2 is 1.68 bits per heavy atom. The van der Waals surface area contributed by atoms with Gasteiger partial charge in [0.15, 0.2) is 12.0 Å². The maximum atomic E-state index is 13.8. The number of hydrogen-bond acceptors (Lipinski definition) is 8. The van der Waals surface area contributed by atoms with Crippen LogP contribution in [-0.2, 0) is 24.0 Å². The first-order chi connectivity index (χ1) is 20.7. The number of carbonyl (C=O) groups is 5. The highest BCUT2D eigenvalue weighted by atomic mass is 16.4. The summed E-state index contributed by atoms with van der Waals surface area (Å²) in [6.07, 6.45) is 0.357. The summed E-state index contributed by atoms with van der Waals surface area (Å²) in [6, 6.07) is 2.82. The minimum absolute atomic E-state index is 0.0332. The van der Waals surface area contributed by atoms with Gasteiger partial charge in [-0.25, -0.2) is 4.79 Å². The van der Waals surface area contributed by atoms with Gasteiger partial charge in [0, 0.05) is 13.1 Å². The molecule has 1 aliphatic rings. The monoisotopic (exact) mass is 618 g/mol. The maximum Gasteiger partial charge on any atom is 0.328 e. The second-order valence-electron chi connectivity index (χ2n) is 11.4. The number of aliphatic imine (C=N–C) groups is 1. The molecule has 0 saturated carbocycles. The van der Waals surface area contributed by atoms with Crippen molar-refractivity contribution in [1.82, 2.24) is 20.9 Å². The number of amides is 4. The molecule has 0 bridgehead atoms. The molecule has 15 nitrogen and oxygen atoms in total. The number of hydrogen-bond donors (Lipinski definition) is 8. The number of rotatable bonds is 16. The van der Waals surface area contributed by atoms with Gasteiger partial charge in [-0.05, 0) is 50.5 Å². The van der Waals surface area contributed by atoms with E-state index in [-0.39, 0.29) is 44.2 Å². The Morgan fingerprint density at radius 1 is 1.02 bits per heavy atom. The number of carboxylic acid groups (broad SMARTS) is 1. The molecule has 244 valence electrons. The lowest BCUT2D eigenvalue weighted by Crippen LogP contribution is -2.58. The van der Waals surface area contributed by atoms with Crippen LogP contribution in [0.15, 0.2) is 35.3 Å². The maximum absolute atomic E-state index is 13.8. The first kappa shape index (κ1) is 36.0. The Hall–Kier alpha value is -4.24. The number of nitrogens with one attached hydrogen (secondary N) is 3. The van der Waals surface area contributed by atoms with Gasteiger partial charge in [0.2, 0.25) is 23.6 Å². The number of likely N-dealkylation sites (tertiary alicyclic amines) is 1. The summed E-state index contributed by atoms with van der Waals surface area (Å²) >= 11 is 0. The molecule has 0 aromatic heterocycles. The van der Waals surface area contributed by atoms with Crippen LogP contribution in [0.25, 0.3) is 0 Å². The Kier molecular flexibility index (Phi) is 14.0. The molecule has 2 rings (SSSR count). The van der Waals surface area contributed by atoms with Crippen molar-refractivity contribution in [2.45, 2.75) is 89.2 Å². The van der Waals surface area contributed by atoms with Crippen LogP contribution < -0.4 is 33.2 Å². The largest absolute Gasteiger partial charge is 0.480 e. The van der Waals surface area contributed by atoms with Crippen LogP contribution in [0.5, 0.6) is 0 Å². The number of carboxylic acids is 1. The minimum atomic E-state index is -1.54. The number of aliphatic hydroxyl groups excluding tert-OH is 1. The van der Waals surface area contributed by atoms with Crippen molar-refractivity contribution in [3.05, 3.63) is 35.9 Å². The van der Waals surface area contributed by atoms with E-state index in [0.717, 1.165) is 0 Å². The van der Waals surface area contributed by atoms with Gasteiger partial charge in [-0.2, -0.15) is 0 Å². The van der Waals surface area contributed by atoms with E-state index in [1.54, 1.807) is 30.3 Å². The number of guanidine groups is 1. The second kappa shape index (κ2) is 17.2. The Labute approximate surface area is 257 Å². The Balaban J connectivity index is 2.24. The standard InChI is InChI=1S/C29H46N8O7/c1-16(2)15-20(27(42)37-14-8-12-21(37)25(40)35-22(17(3)38)28(43)44)34-26(41)23(18-9-5-4-6-10-18)36-24(39)19(30)11-7-13-33-29(31)32/h4-6,9-10,16-17,19-23,38H,7-8,11-15,30H2,1-3H3,(H,34,41)(H,35,40)(H,36,39)(H,43,44)(H4,31,32,33)/t17-,19+,20+,21+,22+,23+/m1/s1. The lowest BCUT2D eigenvalue weighted by atomic mass is 10.00. The van der Waals surface area contributed by atoms with E-state index < -0.39 is 65.9 Å². The molecule has 44 heavy (non-hydrogen) atoms. The van der Waals surface area contributed by atoms with Crippen molar-refractivity contribution in [1.29, 1.82) is 0 Å². The summed E-state index contributed by atoms with van der Waals surface area (Å²) in [5.74, 6) is -3.94. The lowest BCUT2D eigenvalue weighted by Gasteiger charge is -2.31. The second-order valence-corrected chi connectivity index (χ2v) is 11.4. The number of benzene rings is 1. The van der Waals surface area contributed by atoms with E-state index in [1.165, 1.54) is 11.8 Å². The highest BCUT2D eigenvalue weighted by Crippen LogP contribution is 2.22. The third kappa shape index (κ3) is 10.8. The Bertz CT molecular complexity index is 1170. The fourth-order valence-corrected chi connectivity index (χ4v) is 4.93. The van der Waals surface area contributed by atoms with Gasteiger partial charge in [0.25, 0.3) is 0 Å². The number of aliphatic hydroxyl groups is 1. The molecule has 0 aliphatic carbocycles. The summed E-state index contributed by atoms with van der Waals surface area (Å²) in [6.45, 7) is 5.50. The predicted molar refractivity (Wildman–Crippen MR) is 163 cm³/mol. The summed E-state index contributed by atoms with van der Waals surface area (Å²) < 4.78 is 0. The summed E-state index contributed by atoms with van der Waals surface area (Å²) in [7, 11) is 0. The number of aliphatic carboxylic acids is 1. The summed E-state index contributed by atoms with van der Waals surface area (Å²) in [5, 5.41) is 26.9. The number of nitrogens with zero attached hydrogens (tertiary/aromatic N) is 2. The highest BCUT2D eigenvalue weighted by molar-refractivity contribution is 5.96. The lowest BCUT2D eigenvalue weighted by molar-refractivity contribution is -0.147. The third-order valence-electron chi connectivity index (χ3n) is 7.19. The SMILES string of the molecule is CC(C)C[C@H](NC(=O)[C@@H](NC(=O)[C@@H](N)CCCN=C(N)N)c1ccccc1)C(=O)N1CCC[C@H]1C(=O)N[C@H](C(=O)O)[C@@H](C)O. The zero-order chi connectivity index (χ0) is 33.0. The molecule has 4 amide bonds. The van der Waals surface area contributed by atoms with Gasteiger partial charge in [0.05, 0.1) is 12.1 Å². The summed E-state index contributed by atoms with van der Waals surface area (Å²) in [4.78, 5) is 70.2. The van der Waals surface area contributed by atoms with Gasteiger partial charge in [0.1, 0.15) is 18.1 Å². The van der Waals surface area contributed by atoms with E-state index in [4.69, 9.17) is 17.2 Å². The molecular weight excluding hydrogens is 572 g/mol. The van der Waals surface area contributed by atoms with Crippen molar-refractivity contribution in [3.63, 3.8) is 0 Å². The molecule has 11 N–H and O–H groups in total. The van der Waals surface area contributed by atoms with Crippen molar-refractivity contribution >= 4 is 35.6 Å². The molecular formula is C29H46N8O7. The van der Waals surface area contributed by atoms with Crippen LogP contribution in [0, 0.1) is 5.92 Å². The van der Waals surface area contributed by atoms with Gasteiger partial charge in [-0.15, -0.1) is 0 Å². The molecule has 1 aromatic carbocycles. The van der Waals surface area contributed by atoms with Crippen molar-refractivity contribution in [2.24, 2.45) is 28.1 Å². The van der Waals surface area contributed by atoms with Crippen LogP contribution >= 0.6 is 0 Å². The van der Waals surface area contributed by atoms with Gasteiger partial charge >= 0.3 is 5.97 Å².